The van der Waals surface area contributed by atoms with Crippen LogP contribution >= 0.6 is 0 Å². The zero-order valence-corrected chi connectivity index (χ0v) is 8.42. The third-order valence-corrected chi connectivity index (χ3v) is 4.81. The predicted molar refractivity (Wildman–Crippen MR) is 52.3 cm³/mol. The van der Waals surface area contributed by atoms with Crippen LogP contribution in [0.4, 0.5) is 0 Å². The van der Waals surface area contributed by atoms with Crippen LogP contribution in [-0.2, 0) is 0 Å². The SMILES string of the molecule is [2H]C(C)(O)C12CC3CC(CC(C3)C1)C2. The zero-order chi connectivity index (χ0) is 9.97. The number of rotatable bonds is 1. The molecule has 4 aliphatic rings. The number of hydrogen-bond acceptors (Lipinski definition) is 1. The molecular formula is C12H20O. The summed E-state index contributed by atoms with van der Waals surface area (Å²) in [5.74, 6) is 2.49. The topological polar surface area (TPSA) is 20.2 Å². The van der Waals surface area contributed by atoms with Gasteiger partial charge in [0.1, 0.15) is 0 Å². The molecule has 1 heteroatoms. The van der Waals surface area contributed by atoms with Crippen LogP contribution in [0, 0.1) is 23.2 Å². The first-order valence-electron chi connectivity index (χ1n) is 6.21. The summed E-state index contributed by atoms with van der Waals surface area (Å²) in [5.41, 5.74) is -0.0399. The Morgan fingerprint density at radius 2 is 1.54 bits per heavy atom. The van der Waals surface area contributed by atoms with Gasteiger partial charge in [-0.3, -0.25) is 0 Å². The molecule has 0 heterocycles. The van der Waals surface area contributed by atoms with Crippen molar-refractivity contribution in [1.82, 2.24) is 0 Å². The second kappa shape index (κ2) is 2.50. The Balaban J connectivity index is 1.95. The van der Waals surface area contributed by atoms with Crippen molar-refractivity contribution in [3.8, 4) is 0 Å². The van der Waals surface area contributed by atoms with Crippen molar-refractivity contribution in [2.45, 2.75) is 51.5 Å². The lowest BCUT2D eigenvalue weighted by Gasteiger charge is -2.58. The van der Waals surface area contributed by atoms with E-state index >= 15 is 0 Å². The van der Waals surface area contributed by atoms with E-state index in [1.807, 2.05) is 0 Å². The van der Waals surface area contributed by atoms with Crippen molar-refractivity contribution >= 4 is 0 Å². The minimum Gasteiger partial charge on any atom is -0.393 e. The van der Waals surface area contributed by atoms with Gasteiger partial charge in [-0.1, -0.05) is 0 Å². The molecule has 0 aliphatic heterocycles. The van der Waals surface area contributed by atoms with Crippen LogP contribution in [0.1, 0.15) is 46.8 Å². The van der Waals surface area contributed by atoms with E-state index in [1.165, 1.54) is 19.3 Å². The predicted octanol–water partition coefficient (Wildman–Crippen LogP) is 2.58. The molecule has 1 nitrogen and oxygen atoms in total. The van der Waals surface area contributed by atoms with Gasteiger partial charge in [-0.15, -0.1) is 0 Å². The van der Waals surface area contributed by atoms with E-state index in [0.29, 0.717) is 0 Å². The third-order valence-electron chi connectivity index (χ3n) is 4.81. The van der Waals surface area contributed by atoms with E-state index in [0.717, 1.165) is 37.0 Å². The molecule has 13 heavy (non-hydrogen) atoms. The highest BCUT2D eigenvalue weighted by molar-refractivity contribution is 5.03. The van der Waals surface area contributed by atoms with Crippen LogP contribution in [0.5, 0.6) is 0 Å². The highest BCUT2D eigenvalue weighted by Crippen LogP contribution is 2.61. The highest BCUT2D eigenvalue weighted by Gasteiger charge is 2.52. The molecule has 4 aliphatic carbocycles. The molecule has 4 rings (SSSR count). The Morgan fingerprint density at radius 1 is 1.15 bits per heavy atom. The zero-order valence-electron chi connectivity index (χ0n) is 9.42. The first kappa shape index (κ1) is 7.28. The molecule has 0 radical (unpaired) electrons. The van der Waals surface area contributed by atoms with Gasteiger partial charge in [0.15, 0.2) is 0 Å². The molecule has 74 valence electrons. The fourth-order valence-corrected chi connectivity index (χ4v) is 4.55. The summed E-state index contributed by atoms with van der Waals surface area (Å²) in [4.78, 5) is 0. The van der Waals surface area contributed by atoms with Crippen LogP contribution in [0.25, 0.3) is 0 Å². The van der Waals surface area contributed by atoms with Gasteiger partial charge in [0, 0.05) is 0 Å². The molecule has 0 aromatic rings. The minimum atomic E-state index is -1.19. The molecule has 0 amide bonds. The van der Waals surface area contributed by atoms with Crippen LogP contribution < -0.4 is 0 Å². The van der Waals surface area contributed by atoms with E-state index < -0.39 is 6.08 Å². The average molecular weight is 181 g/mol. The molecule has 0 saturated heterocycles. The summed E-state index contributed by atoms with van der Waals surface area (Å²) >= 11 is 0. The first-order valence-corrected chi connectivity index (χ1v) is 5.71. The Bertz CT molecular complexity index is 218. The molecule has 4 fully saturated rings. The Labute approximate surface area is 81.9 Å². The number of aliphatic hydroxyl groups is 1. The monoisotopic (exact) mass is 181 g/mol. The minimum absolute atomic E-state index is 0.0399. The van der Waals surface area contributed by atoms with Crippen molar-refractivity contribution in [2.24, 2.45) is 23.2 Å². The van der Waals surface area contributed by atoms with Crippen molar-refractivity contribution in [3.05, 3.63) is 0 Å². The van der Waals surface area contributed by atoms with Gasteiger partial charge in [-0.25, -0.2) is 0 Å². The highest BCUT2D eigenvalue weighted by atomic mass is 16.3. The van der Waals surface area contributed by atoms with Crippen molar-refractivity contribution in [2.75, 3.05) is 0 Å². The summed E-state index contributed by atoms with van der Waals surface area (Å²) in [6.45, 7) is 1.71. The lowest BCUT2D eigenvalue weighted by Crippen LogP contribution is -2.50. The lowest BCUT2D eigenvalue weighted by molar-refractivity contribution is -0.113. The summed E-state index contributed by atoms with van der Waals surface area (Å²) in [6.07, 6.45) is 6.32. The molecule has 0 aromatic heterocycles. The van der Waals surface area contributed by atoms with E-state index in [-0.39, 0.29) is 5.41 Å². The summed E-state index contributed by atoms with van der Waals surface area (Å²) in [5, 5.41) is 10.0. The normalized spacial score (nSPS) is 58.9. The Morgan fingerprint density at radius 3 is 1.85 bits per heavy atom. The standard InChI is InChI=1S/C12H20O/c1-8(13)12-5-9-2-10(6-12)4-11(3-9)7-12/h8-11,13H,2-7H2,1H3/i8D. The van der Waals surface area contributed by atoms with Crippen LogP contribution in [0.2, 0.25) is 0 Å². The maximum absolute atomic E-state index is 10.0. The summed E-state index contributed by atoms with van der Waals surface area (Å²) in [7, 11) is 0. The Kier molecular flexibility index (Phi) is 1.40. The third kappa shape index (κ3) is 1.09. The fourth-order valence-electron chi connectivity index (χ4n) is 4.55. The lowest BCUT2D eigenvalue weighted by atomic mass is 9.48. The molecule has 0 aromatic carbocycles. The van der Waals surface area contributed by atoms with Gasteiger partial charge in [-0.05, 0) is 68.6 Å². The molecular weight excluding hydrogens is 160 g/mol. The van der Waals surface area contributed by atoms with Gasteiger partial charge in [0.2, 0.25) is 0 Å². The smallest absolute Gasteiger partial charge is 0.0603 e. The fraction of sp³-hybridized carbons (Fsp3) is 1.00. The quantitative estimate of drug-likeness (QED) is 0.659. The second-order valence-electron chi connectivity index (χ2n) is 5.78. The molecule has 4 saturated carbocycles. The molecule has 0 spiro atoms. The molecule has 4 bridgehead atoms. The number of hydrogen-bond donors (Lipinski definition) is 1. The average Bonchev–Trinajstić information content (AvgIpc) is 1.98. The van der Waals surface area contributed by atoms with Gasteiger partial charge in [0.05, 0.1) is 7.45 Å². The maximum Gasteiger partial charge on any atom is 0.0603 e. The van der Waals surface area contributed by atoms with Gasteiger partial charge in [0.25, 0.3) is 0 Å². The summed E-state index contributed by atoms with van der Waals surface area (Å²) in [6, 6.07) is 0. The molecule has 1 atom stereocenters. The van der Waals surface area contributed by atoms with Crippen molar-refractivity contribution in [3.63, 3.8) is 0 Å². The van der Waals surface area contributed by atoms with E-state index in [4.69, 9.17) is 1.37 Å². The van der Waals surface area contributed by atoms with E-state index in [2.05, 4.69) is 0 Å². The Hall–Kier alpha value is -0.0400. The van der Waals surface area contributed by atoms with Crippen LogP contribution in [-0.4, -0.2) is 11.2 Å². The second-order valence-corrected chi connectivity index (χ2v) is 5.78. The van der Waals surface area contributed by atoms with Gasteiger partial charge < -0.3 is 5.11 Å². The van der Waals surface area contributed by atoms with Crippen LogP contribution in [0.3, 0.4) is 0 Å². The summed E-state index contributed by atoms with van der Waals surface area (Å²) < 4.78 is 7.96. The van der Waals surface area contributed by atoms with Crippen molar-refractivity contribution in [1.29, 1.82) is 0 Å². The van der Waals surface area contributed by atoms with Crippen molar-refractivity contribution < 1.29 is 6.48 Å². The first-order chi connectivity index (χ1) is 6.48. The largest absolute Gasteiger partial charge is 0.393 e. The van der Waals surface area contributed by atoms with Crippen LogP contribution in [0.15, 0.2) is 0 Å². The van der Waals surface area contributed by atoms with E-state index in [9.17, 15) is 5.11 Å². The van der Waals surface area contributed by atoms with Gasteiger partial charge in [-0.2, -0.15) is 0 Å². The molecule has 1 unspecified atom stereocenters. The van der Waals surface area contributed by atoms with E-state index in [1.54, 1.807) is 6.92 Å². The van der Waals surface area contributed by atoms with Gasteiger partial charge >= 0.3 is 0 Å². The maximum atomic E-state index is 10.0. The molecule has 1 N–H and O–H groups in total.